The Balaban J connectivity index is 2.12. The Morgan fingerprint density at radius 2 is 1.75 bits per heavy atom. The molecule has 0 bridgehead atoms. The van der Waals surface area contributed by atoms with Gasteiger partial charge in [-0.15, -0.1) is 0 Å². The topological polar surface area (TPSA) is 44.5 Å². The van der Waals surface area contributed by atoms with Crippen LogP contribution in [0.15, 0.2) is 46.9 Å². The van der Waals surface area contributed by atoms with Crippen LogP contribution in [-0.2, 0) is 6.61 Å². The molecule has 0 atom stereocenters. The van der Waals surface area contributed by atoms with Crippen molar-refractivity contribution in [2.45, 2.75) is 26.6 Å². The summed E-state index contributed by atoms with van der Waals surface area (Å²) in [6, 6.07) is 13.5. The lowest BCUT2D eigenvalue weighted by atomic mass is 10.2. The number of hydrogen-bond acceptors (Lipinski definition) is 3. The van der Waals surface area contributed by atoms with Crippen LogP contribution in [0.3, 0.4) is 0 Å². The second kappa shape index (κ2) is 6.66. The highest BCUT2D eigenvalue weighted by molar-refractivity contribution is 9.10. The van der Waals surface area contributed by atoms with Gasteiger partial charge in [-0.1, -0.05) is 40.2 Å². The number of benzene rings is 2. The summed E-state index contributed by atoms with van der Waals surface area (Å²) in [5.74, 6) is 1.29. The molecule has 2 rings (SSSR count). The molecule has 0 fully saturated rings. The van der Waals surface area contributed by atoms with E-state index in [0.717, 1.165) is 10.0 Å². The SMILES string of the molecule is CC(C)Oc1cccc(OCc2ccccc2Br)c1N. The van der Waals surface area contributed by atoms with Crippen LogP contribution in [0.25, 0.3) is 0 Å². The van der Waals surface area contributed by atoms with Crippen LogP contribution in [0.4, 0.5) is 5.69 Å². The molecule has 3 nitrogen and oxygen atoms in total. The summed E-state index contributed by atoms with van der Waals surface area (Å²) in [7, 11) is 0. The van der Waals surface area contributed by atoms with E-state index in [1.54, 1.807) is 0 Å². The molecule has 0 aliphatic rings. The minimum atomic E-state index is 0.0795. The maximum absolute atomic E-state index is 6.07. The Hall–Kier alpha value is -1.68. The van der Waals surface area contributed by atoms with Crippen LogP contribution >= 0.6 is 15.9 Å². The zero-order chi connectivity index (χ0) is 14.5. The summed E-state index contributed by atoms with van der Waals surface area (Å²) in [5.41, 5.74) is 7.68. The van der Waals surface area contributed by atoms with E-state index in [9.17, 15) is 0 Å². The van der Waals surface area contributed by atoms with Crippen molar-refractivity contribution in [3.05, 3.63) is 52.5 Å². The van der Waals surface area contributed by atoms with Gasteiger partial charge >= 0.3 is 0 Å². The van der Waals surface area contributed by atoms with Gasteiger partial charge in [-0.05, 0) is 32.0 Å². The molecule has 0 aromatic heterocycles. The van der Waals surface area contributed by atoms with E-state index < -0.39 is 0 Å². The number of nitrogen functional groups attached to an aromatic ring is 1. The van der Waals surface area contributed by atoms with Crippen molar-refractivity contribution in [3.8, 4) is 11.5 Å². The first-order valence-electron chi connectivity index (χ1n) is 6.49. The molecule has 0 spiro atoms. The zero-order valence-corrected chi connectivity index (χ0v) is 13.2. The van der Waals surface area contributed by atoms with E-state index >= 15 is 0 Å². The highest BCUT2D eigenvalue weighted by Gasteiger charge is 2.09. The molecule has 0 saturated carbocycles. The van der Waals surface area contributed by atoms with Crippen molar-refractivity contribution in [1.29, 1.82) is 0 Å². The number of rotatable bonds is 5. The maximum Gasteiger partial charge on any atom is 0.146 e. The number of hydrogen-bond donors (Lipinski definition) is 1. The Bertz CT molecular complexity index is 584. The first-order valence-corrected chi connectivity index (χ1v) is 7.28. The van der Waals surface area contributed by atoms with E-state index in [0.29, 0.717) is 23.8 Å². The van der Waals surface area contributed by atoms with Gasteiger partial charge in [0.2, 0.25) is 0 Å². The highest BCUT2D eigenvalue weighted by Crippen LogP contribution is 2.32. The van der Waals surface area contributed by atoms with Gasteiger partial charge in [-0.2, -0.15) is 0 Å². The molecule has 0 amide bonds. The second-order valence-electron chi connectivity index (χ2n) is 4.71. The molecule has 20 heavy (non-hydrogen) atoms. The second-order valence-corrected chi connectivity index (χ2v) is 5.57. The summed E-state index contributed by atoms with van der Waals surface area (Å²) in [5, 5.41) is 0. The molecule has 0 aliphatic heterocycles. The molecule has 0 radical (unpaired) electrons. The minimum Gasteiger partial charge on any atom is -0.489 e. The van der Waals surface area contributed by atoms with Gasteiger partial charge in [-0.25, -0.2) is 0 Å². The number of ether oxygens (including phenoxy) is 2. The first kappa shape index (κ1) is 14.7. The van der Waals surface area contributed by atoms with Gasteiger partial charge in [0, 0.05) is 10.0 Å². The summed E-state index contributed by atoms with van der Waals surface area (Å²) >= 11 is 3.50. The lowest BCUT2D eigenvalue weighted by Gasteiger charge is -2.15. The average Bonchev–Trinajstić information content (AvgIpc) is 2.41. The van der Waals surface area contributed by atoms with E-state index in [-0.39, 0.29) is 6.10 Å². The van der Waals surface area contributed by atoms with Crippen molar-refractivity contribution < 1.29 is 9.47 Å². The number of halogens is 1. The summed E-state index contributed by atoms with van der Waals surface area (Å²) in [6.07, 6.45) is 0.0795. The summed E-state index contributed by atoms with van der Waals surface area (Å²) < 4.78 is 12.5. The van der Waals surface area contributed by atoms with Crippen LogP contribution in [0.5, 0.6) is 11.5 Å². The van der Waals surface area contributed by atoms with Crippen LogP contribution in [0, 0.1) is 0 Å². The molecule has 0 unspecified atom stereocenters. The normalized spacial score (nSPS) is 10.6. The molecule has 2 aromatic carbocycles. The van der Waals surface area contributed by atoms with Gasteiger partial charge in [0.25, 0.3) is 0 Å². The fraction of sp³-hybridized carbons (Fsp3) is 0.250. The van der Waals surface area contributed by atoms with Crippen LogP contribution < -0.4 is 15.2 Å². The fourth-order valence-corrected chi connectivity index (χ4v) is 2.18. The lowest BCUT2D eigenvalue weighted by Crippen LogP contribution is -2.08. The number of para-hydroxylation sites is 1. The zero-order valence-electron chi connectivity index (χ0n) is 11.6. The van der Waals surface area contributed by atoms with Crippen molar-refractivity contribution >= 4 is 21.6 Å². The average molecular weight is 336 g/mol. The van der Waals surface area contributed by atoms with Crippen molar-refractivity contribution in [3.63, 3.8) is 0 Å². The predicted molar refractivity (Wildman–Crippen MR) is 85.1 cm³/mol. The largest absolute Gasteiger partial charge is 0.489 e. The smallest absolute Gasteiger partial charge is 0.146 e. The Labute approximate surface area is 127 Å². The predicted octanol–water partition coefficient (Wildman–Crippen LogP) is 4.40. The molecule has 106 valence electrons. The Morgan fingerprint density at radius 1 is 1.05 bits per heavy atom. The van der Waals surface area contributed by atoms with Crippen LogP contribution in [0.2, 0.25) is 0 Å². The molecule has 2 aromatic rings. The summed E-state index contributed by atoms with van der Waals surface area (Å²) in [4.78, 5) is 0. The van der Waals surface area contributed by atoms with Gasteiger partial charge in [0.15, 0.2) is 0 Å². The van der Waals surface area contributed by atoms with Crippen LogP contribution in [0.1, 0.15) is 19.4 Å². The third kappa shape index (κ3) is 3.67. The quantitative estimate of drug-likeness (QED) is 0.823. The highest BCUT2D eigenvalue weighted by atomic mass is 79.9. The van der Waals surface area contributed by atoms with Crippen molar-refractivity contribution in [2.75, 3.05) is 5.73 Å². The number of anilines is 1. The van der Waals surface area contributed by atoms with E-state index in [4.69, 9.17) is 15.2 Å². The fourth-order valence-electron chi connectivity index (χ4n) is 1.78. The standard InChI is InChI=1S/C16H18BrNO2/c1-11(2)20-15-9-5-8-14(16(15)18)19-10-12-6-3-4-7-13(12)17/h3-9,11H,10,18H2,1-2H3. The monoisotopic (exact) mass is 335 g/mol. The van der Waals surface area contributed by atoms with E-state index in [2.05, 4.69) is 15.9 Å². The van der Waals surface area contributed by atoms with Crippen molar-refractivity contribution in [1.82, 2.24) is 0 Å². The van der Waals surface area contributed by atoms with E-state index in [1.165, 1.54) is 0 Å². The van der Waals surface area contributed by atoms with Gasteiger partial charge in [-0.3, -0.25) is 0 Å². The third-order valence-corrected chi connectivity index (χ3v) is 3.50. The third-order valence-electron chi connectivity index (χ3n) is 2.73. The first-order chi connectivity index (χ1) is 9.58. The summed E-state index contributed by atoms with van der Waals surface area (Å²) in [6.45, 7) is 4.39. The van der Waals surface area contributed by atoms with Gasteiger partial charge < -0.3 is 15.2 Å². The molecule has 0 heterocycles. The van der Waals surface area contributed by atoms with Gasteiger partial charge in [0.05, 0.1) is 6.10 Å². The van der Waals surface area contributed by atoms with Crippen molar-refractivity contribution in [2.24, 2.45) is 0 Å². The molecule has 4 heteroatoms. The maximum atomic E-state index is 6.07. The van der Waals surface area contributed by atoms with Gasteiger partial charge in [0.1, 0.15) is 23.8 Å². The molecular formula is C16H18BrNO2. The van der Waals surface area contributed by atoms with Crippen LogP contribution in [-0.4, -0.2) is 6.10 Å². The molecule has 0 aliphatic carbocycles. The Kier molecular flexibility index (Phi) is 4.90. The Morgan fingerprint density at radius 3 is 2.45 bits per heavy atom. The molecular weight excluding hydrogens is 318 g/mol. The molecule has 2 N–H and O–H groups in total. The molecule has 0 saturated heterocycles. The number of nitrogens with two attached hydrogens (primary N) is 1. The lowest BCUT2D eigenvalue weighted by molar-refractivity contribution is 0.241. The minimum absolute atomic E-state index is 0.0795. The van der Waals surface area contributed by atoms with E-state index in [1.807, 2.05) is 56.3 Å².